The fraction of sp³-hybridized carbons (Fsp3) is 0.455. The lowest BCUT2D eigenvalue weighted by atomic mass is 9.79. The molecule has 1 aromatic rings. The summed E-state index contributed by atoms with van der Waals surface area (Å²) in [6.45, 7) is -5.77. The van der Waals surface area contributed by atoms with Gasteiger partial charge in [0.25, 0.3) is 0 Å². The topological polar surface area (TPSA) is 49.7 Å². The Morgan fingerprint density at radius 2 is 2.33 bits per heavy atom. The normalized spacial score (nSPS) is 21.9. The fourth-order valence-electron chi connectivity index (χ4n) is 1.57. The highest BCUT2D eigenvalue weighted by Crippen LogP contribution is 2.40. The smallest absolute Gasteiger partial charge is 0.488 e. The molecule has 3 nitrogen and oxygen atoms in total. The summed E-state index contributed by atoms with van der Waals surface area (Å²) in [7, 11) is -1.71. The number of hydrogen-bond acceptors (Lipinski definition) is 3. The average molecular weight is 211 g/mol. The Labute approximate surface area is 96.9 Å². The van der Waals surface area contributed by atoms with Crippen LogP contribution in [0.25, 0.3) is 0 Å². The molecular weight excluding hydrogens is 191 g/mol. The van der Waals surface area contributed by atoms with Crippen molar-refractivity contribution in [2.24, 2.45) is 0 Å². The molecule has 2 rings (SSSR count). The molecule has 1 aromatic carbocycles. The van der Waals surface area contributed by atoms with Gasteiger partial charge in [-0.25, -0.2) is 0 Å². The van der Waals surface area contributed by atoms with Crippen LogP contribution in [0.5, 0.6) is 5.75 Å². The van der Waals surface area contributed by atoms with E-state index >= 15 is 0 Å². The van der Waals surface area contributed by atoms with Crippen molar-refractivity contribution < 1.29 is 21.6 Å². The zero-order chi connectivity index (χ0) is 15.1. The summed E-state index contributed by atoms with van der Waals surface area (Å²) < 4.78 is 41.1. The third-order valence-electron chi connectivity index (χ3n) is 2.47. The number of benzene rings is 1. The molecule has 0 unspecified atom stereocenters. The molecule has 0 amide bonds. The summed E-state index contributed by atoms with van der Waals surface area (Å²) in [6.07, 6.45) is 1.94. The first-order chi connectivity index (χ1) is 9.10. The Morgan fingerprint density at radius 3 is 2.93 bits per heavy atom. The minimum atomic E-state index is -2.93. The number of ether oxygens (including phenoxy) is 1. The van der Waals surface area contributed by atoms with Crippen molar-refractivity contribution in [3.8, 4) is 5.75 Å². The van der Waals surface area contributed by atoms with Crippen molar-refractivity contribution in [3.05, 3.63) is 23.8 Å². The maximum absolute atomic E-state index is 9.23. The number of hydrogen-bond donors (Lipinski definition) is 2. The predicted molar refractivity (Wildman–Crippen MR) is 59.4 cm³/mol. The fourth-order valence-corrected chi connectivity index (χ4v) is 1.57. The van der Waals surface area contributed by atoms with Gasteiger partial charge < -0.3 is 14.8 Å². The Morgan fingerprint density at radius 1 is 1.53 bits per heavy atom. The van der Waals surface area contributed by atoms with Crippen LogP contribution in [0.15, 0.2) is 18.2 Å². The van der Waals surface area contributed by atoms with Gasteiger partial charge >= 0.3 is 7.12 Å². The van der Waals surface area contributed by atoms with Crippen LogP contribution in [0.3, 0.4) is 0 Å². The second-order valence-corrected chi connectivity index (χ2v) is 3.69. The van der Waals surface area contributed by atoms with Crippen LogP contribution in [0, 0.1) is 0 Å². The molecule has 80 valence electrons. The molecule has 2 N–H and O–H groups in total. The van der Waals surface area contributed by atoms with Gasteiger partial charge in [0, 0.05) is 4.11 Å². The maximum Gasteiger partial charge on any atom is 0.488 e. The van der Waals surface area contributed by atoms with Crippen molar-refractivity contribution in [1.82, 2.24) is 0 Å². The second kappa shape index (κ2) is 4.25. The standard InChI is InChI=1S/C11H15BO3/c1-2-15-11-6-9(8-3-4-8)5-10(7-11)12(13)14/h5-8,13-14H,2-4H2,1H3/i1D3,2D2. The highest BCUT2D eigenvalue weighted by atomic mass is 16.5. The van der Waals surface area contributed by atoms with Gasteiger partial charge in [-0.1, -0.05) is 6.07 Å². The van der Waals surface area contributed by atoms with E-state index in [1.807, 2.05) is 0 Å². The Kier molecular flexibility index (Phi) is 1.68. The lowest BCUT2D eigenvalue weighted by molar-refractivity contribution is 0.340. The largest absolute Gasteiger partial charge is 0.494 e. The van der Waals surface area contributed by atoms with E-state index < -0.39 is 20.5 Å². The molecule has 0 aromatic heterocycles. The lowest BCUT2D eigenvalue weighted by Gasteiger charge is -2.09. The first-order valence-electron chi connectivity index (χ1n) is 7.30. The van der Waals surface area contributed by atoms with Gasteiger partial charge in [-0.3, -0.25) is 0 Å². The minimum Gasteiger partial charge on any atom is -0.494 e. The lowest BCUT2D eigenvalue weighted by Crippen LogP contribution is -2.30. The second-order valence-electron chi connectivity index (χ2n) is 3.69. The molecule has 0 radical (unpaired) electrons. The third kappa shape index (κ3) is 2.52. The van der Waals surface area contributed by atoms with E-state index in [0.717, 1.165) is 18.4 Å². The zero-order valence-electron chi connectivity index (χ0n) is 13.1. The quantitative estimate of drug-likeness (QED) is 0.718. The Hall–Kier alpha value is -0.995. The molecular formula is C11H15BO3. The van der Waals surface area contributed by atoms with Crippen molar-refractivity contribution in [2.75, 3.05) is 6.56 Å². The summed E-state index contributed by atoms with van der Waals surface area (Å²) in [5, 5.41) is 18.5. The van der Waals surface area contributed by atoms with Gasteiger partial charge in [0.15, 0.2) is 0 Å². The van der Waals surface area contributed by atoms with Crippen molar-refractivity contribution in [2.45, 2.75) is 25.6 Å². The van der Waals surface area contributed by atoms with Gasteiger partial charge in [-0.2, -0.15) is 0 Å². The van der Waals surface area contributed by atoms with E-state index in [9.17, 15) is 10.0 Å². The summed E-state index contributed by atoms with van der Waals surface area (Å²) in [4.78, 5) is 0. The summed E-state index contributed by atoms with van der Waals surface area (Å²) in [5.74, 6) is 0.272. The minimum absolute atomic E-state index is 0.0152. The highest BCUT2D eigenvalue weighted by Gasteiger charge is 2.25. The molecule has 4 heteroatoms. The molecule has 15 heavy (non-hydrogen) atoms. The van der Waals surface area contributed by atoms with E-state index in [-0.39, 0.29) is 17.1 Å². The first-order valence-corrected chi connectivity index (χ1v) is 4.80. The molecule has 0 heterocycles. The van der Waals surface area contributed by atoms with Crippen LogP contribution in [0.4, 0.5) is 0 Å². The van der Waals surface area contributed by atoms with Crippen LogP contribution < -0.4 is 10.2 Å². The van der Waals surface area contributed by atoms with Crippen molar-refractivity contribution >= 4 is 12.6 Å². The molecule has 0 aliphatic heterocycles. The van der Waals surface area contributed by atoms with E-state index in [1.165, 1.54) is 6.07 Å². The van der Waals surface area contributed by atoms with Crippen LogP contribution >= 0.6 is 0 Å². The molecule has 1 saturated carbocycles. The van der Waals surface area contributed by atoms with Crippen LogP contribution in [0.1, 0.15) is 38.0 Å². The highest BCUT2D eigenvalue weighted by molar-refractivity contribution is 6.58. The first kappa shape index (κ1) is 5.92. The third-order valence-corrected chi connectivity index (χ3v) is 2.47. The predicted octanol–water partition coefficient (Wildman–Crippen LogP) is 0.642. The van der Waals surface area contributed by atoms with Crippen molar-refractivity contribution in [1.29, 1.82) is 0 Å². The van der Waals surface area contributed by atoms with Gasteiger partial charge in [-0.05, 0) is 48.8 Å². The van der Waals surface area contributed by atoms with Crippen LogP contribution in [-0.2, 0) is 0 Å². The molecule has 1 fully saturated rings. The van der Waals surface area contributed by atoms with E-state index in [1.54, 1.807) is 12.1 Å². The molecule has 1 aliphatic carbocycles. The van der Waals surface area contributed by atoms with Gasteiger partial charge in [0.1, 0.15) is 5.75 Å². The Balaban J connectivity index is 2.31. The molecule has 1 aliphatic rings. The Bertz CT molecular complexity index is 479. The van der Waals surface area contributed by atoms with E-state index in [2.05, 4.69) is 0 Å². The van der Waals surface area contributed by atoms with Gasteiger partial charge in [0.2, 0.25) is 0 Å². The molecule has 0 saturated heterocycles. The number of rotatable bonds is 4. The SMILES string of the molecule is [2H]C([2H])([2H])C([2H])([2H])Oc1cc(B(O)O)cc(C2CC2)c1. The van der Waals surface area contributed by atoms with Gasteiger partial charge in [-0.15, -0.1) is 0 Å². The zero-order valence-corrected chi connectivity index (χ0v) is 8.10. The van der Waals surface area contributed by atoms with Crippen LogP contribution in [-0.4, -0.2) is 23.7 Å². The molecule has 0 spiro atoms. The summed E-state index contributed by atoms with van der Waals surface area (Å²) >= 11 is 0. The molecule has 0 bridgehead atoms. The maximum atomic E-state index is 9.23. The monoisotopic (exact) mass is 211 g/mol. The van der Waals surface area contributed by atoms with E-state index in [0.29, 0.717) is 0 Å². The summed E-state index contributed by atoms with van der Waals surface area (Å²) in [5.41, 5.74) is 0.956. The van der Waals surface area contributed by atoms with Crippen molar-refractivity contribution in [3.63, 3.8) is 0 Å². The molecule has 0 atom stereocenters. The van der Waals surface area contributed by atoms with E-state index in [4.69, 9.17) is 11.6 Å². The van der Waals surface area contributed by atoms with Crippen LogP contribution in [0.2, 0.25) is 0 Å². The van der Waals surface area contributed by atoms with Gasteiger partial charge in [0.05, 0.1) is 9.30 Å². The summed E-state index contributed by atoms with van der Waals surface area (Å²) in [6, 6.07) is 4.40. The average Bonchev–Trinajstić information content (AvgIpc) is 3.09.